The van der Waals surface area contributed by atoms with E-state index in [1.54, 1.807) is 19.2 Å². The molecule has 0 saturated heterocycles. The van der Waals surface area contributed by atoms with Gasteiger partial charge in [0, 0.05) is 5.56 Å². The average molecular weight is 278 g/mol. The predicted octanol–water partition coefficient (Wildman–Crippen LogP) is 3.67. The summed E-state index contributed by atoms with van der Waals surface area (Å²) in [5.74, 6) is -1.27. The van der Waals surface area contributed by atoms with Crippen LogP contribution in [0.2, 0.25) is 0 Å². The number of aryl methyl sites for hydroxylation is 2. The summed E-state index contributed by atoms with van der Waals surface area (Å²) in [5.41, 5.74) is 2.09. The molecule has 2 aromatic rings. The van der Waals surface area contributed by atoms with Gasteiger partial charge in [-0.2, -0.15) is 0 Å². The molecular formula is C16H16F2O2. The normalized spacial score (nSPS) is 12.3. The van der Waals surface area contributed by atoms with E-state index in [9.17, 15) is 13.9 Å². The lowest BCUT2D eigenvalue weighted by molar-refractivity contribution is 0.213. The third-order valence-electron chi connectivity index (χ3n) is 3.28. The van der Waals surface area contributed by atoms with Gasteiger partial charge in [-0.05, 0) is 48.7 Å². The Bertz CT molecular complexity index is 615. The van der Waals surface area contributed by atoms with E-state index < -0.39 is 17.7 Å². The van der Waals surface area contributed by atoms with Crippen molar-refractivity contribution in [1.82, 2.24) is 0 Å². The van der Waals surface area contributed by atoms with E-state index in [2.05, 4.69) is 0 Å². The van der Waals surface area contributed by atoms with Gasteiger partial charge in [0.25, 0.3) is 0 Å². The van der Waals surface area contributed by atoms with Crippen LogP contribution in [0.15, 0.2) is 30.3 Å². The van der Waals surface area contributed by atoms with Crippen LogP contribution in [0, 0.1) is 25.5 Å². The molecule has 0 aliphatic heterocycles. The highest BCUT2D eigenvalue weighted by Crippen LogP contribution is 2.31. The summed E-state index contributed by atoms with van der Waals surface area (Å²) < 4.78 is 32.2. The predicted molar refractivity (Wildman–Crippen MR) is 72.9 cm³/mol. The van der Waals surface area contributed by atoms with Gasteiger partial charge >= 0.3 is 0 Å². The van der Waals surface area contributed by atoms with E-state index in [0.29, 0.717) is 5.56 Å². The summed E-state index contributed by atoms with van der Waals surface area (Å²) in [7, 11) is 1.57. The number of benzene rings is 2. The van der Waals surface area contributed by atoms with Gasteiger partial charge < -0.3 is 9.84 Å². The van der Waals surface area contributed by atoms with Crippen molar-refractivity contribution < 1.29 is 18.6 Å². The van der Waals surface area contributed by atoms with Crippen molar-refractivity contribution in [2.75, 3.05) is 7.11 Å². The van der Waals surface area contributed by atoms with E-state index in [4.69, 9.17) is 4.74 Å². The Balaban J connectivity index is 2.49. The number of hydrogen-bond acceptors (Lipinski definition) is 2. The lowest BCUT2D eigenvalue weighted by Gasteiger charge is -2.16. The van der Waals surface area contributed by atoms with Crippen LogP contribution in [0.25, 0.3) is 0 Å². The molecule has 0 aromatic heterocycles. The maximum absolute atomic E-state index is 13.7. The van der Waals surface area contributed by atoms with Crippen molar-refractivity contribution in [2.45, 2.75) is 20.0 Å². The van der Waals surface area contributed by atoms with Gasteiger partial charge in [-0.1, -0.05) is 12.1 Å². The molecule has 0 aliphatic rings. The zero-order valence-electron chi connectivity index (χ0n) is 11.6. The maximum Gasteiger partial charge on any atom is 0.164 e. The molecule has 0 aliphatic carbocycles. The van der Waals surface area contributed by atoms with Crippen molar-refractivity contribution in [3.05, 3.63) is 64.2 Å². The smallest absolute Gasteiger partial charge is 0.164 e. The average Bonchev–Trinajstić information content (AvgIpc) is 2.41. The van der Waals surface area contributed by atoms with Crippen molar-refractivity contribution >= 4 is 0 Å². The number of hydrogen-bond donors (Lipinski definition) is 1. The first kappa shape index (κ1) is 14.5. The summed E-state index contributed by atoms with van der Waals surface area (Å²) in [6, 6.07) is 7.19. The molecule has 2 aromatic carbocycles. The van der Waals surface area contributed by atoms with Crippen LogP contribution in [0.1, 0.15) is 28.4 Å². The molecule has 1 N–H and O–H groups in total. The van der Waals surface area contributed by atoms with Crippen molar-refractivity contribution in [3.8, 4) is 5.75 Å². The summed E-state index contributed by atoms with van der Waals surface area (Å²) in [5, 5.41) is 10.3. The van der Waals surface area contributed by atoms with Gasteiger partial charge in [0.15, 0.2) is 11.6 Å². The lowest BCUT2D eigenvalue weighted by atomic mass is 9.97. The minimum absolute atomic E-state index is 0.0750. The molecule has 20 heavy (non-hydrogen) atoms. The molecule has 4 heteroatoms. The molecule has 0 spiro atoms. The molecule has 0 radical (unpaired) electrons. The Morgan fingerprint density at radius 2 is 1.70 bits per heavy atom. The zero-order chi connectivity index (χ0) is 14.9. The molecule has 0 saturated carbocycles. The molecule has 2 nitrogen and oxygen atoms in total. The number of rotatable bonds is 3. The number of aliphatic hydroxyl groups excluding tert-OH is 1. The first-order chi connectivity index (χ1) is 9.45. The number of halogens is 2. The highest BCUT2D eigenvalue weighted by atomic mass is 19.2. The standard InChI is InChI=1S/C16H16F2O2/c1-9-7-11(8-10(2)16(9)20-3)15(19)12-5-4-6-13(17)14(12)18/h4-8,15,19H,1-3H3. The third kappa shape index (κ3) is 2.51. The highest BCUT2D eigenvalue weighted by molar-refractivity contribution is 5.45. The molecule has 2 rings (SSSR count). The minimum Gasteiger partial charge on any atom is -0.496 e. The van der Waals surface area contributed by atoms with Crippen LogP contribution >= 0.6 is 0 Å². The maximum atomic E-state index is 13.7. The SMILES string of the molecule is COc1c(C)cc(C(O)c2cccc(F)c2F)cc1C. The molecule has 0 bridgehead atoms. The molecular weight excluding hydrogens is 262 g/mol. The minimum atomic E-state index is -1.21. The van der Waals surface area contributed by atoms with Gasteiger partial charge in [0.1, 0.15) is 11.9 Å². The second-order valence-electron chi connectivity index (χ2n) is 4.73. The van der Waals surface area contributed by atoms with Crippen molar-refractivity contribution in [1.29, 1.82) is 0 Å². The number of ether oxygens (including phenoxy) is 1. The van der Waals surface area contributed by atoms with E-state index in [1.165, 1.54) is 12.1 Å². The summed E-state index contributed by atoms with van der Waals surface area (Å²) in [6.07, 6.45) is -1.21. The van der Waals surface area contributed by atoms with E-state index in [1.807, 2.05) is 13.8 Å². The first-order valence-electron chi connectivity index (χ1n) is 6.22. The molecule has 0 fully saturated rings. The van der Waals surface area contributed by atoms with E-state index in [0.717, 1.165) is 22.9 Å². The van der Waals surface area contributed by atoms with Gasteiger partial charge in [-0.3, -0.25) is 0 Å². The highest BCUT2D eigenvalue weighted by Gasteiger charge is 2.19. The lowest BCUT2D eigenvalue weighted by Crippen LogP contribution is -2.05. The summed E-state index contributed by atoms with van der Waals surface area (Å²) in [6.45, 7) is 3.67. The number of methoxy groups -OCH3 is 1. The quantitative estimate of drug-likeness (QED) is 0.928. The van der Waals surface area contributed by atoms with E-state index >= 15 is 0 Å². The Morgan fingerprint density at radius 1 is 1.10 bits per heavy atom. The van der Waals surface area contributed by atoms with Crippen molar-refractivity contribution in [3.63, 3.8) is 0 Å². The fourth-order valence-corrected chi connectivity index (χ4v) is 2.37. The molecule has 0 heterocycles. The van der Waals surface area contributed by atoms with Crippen LogP contribution in [-0.2, 0) is 0 Å². The van der Waals surface area contributed by atoms with Gasteiger partial charge in [-0.15, -0.1) is 0 Å². The summed E-state index contributed by atoms with van der Waals surface area (Å²) >= 11 is 0. The monoisotopic (exact) mass is 278 g/mol. The van der Waals surface area contributed by atoms with Crippen LogP contribution < -0.4 is 4.74 Å². The van der Waals surface area contributed by atoms with E-state index in [-0.39, 0.29) is 5.56 Å². The Hall–Kier alpha value is -1.94. The van der Waals surface area contributed by atoms with Crippen LogP contribution in [0.3, 0.4) is 0 Å². The second-order valence-corrected chi connectivity index (χ2v) is 4.73. The number of aliphatic hydroxyl groups is 1. The second kappa shape index (κ2) is 5.59. The molecule has 1 atom stereocenters. The van der Waals surface area contributed by atoms with Crippen LogP contribution in [-0.4, -0.2) is 12.2 Å². The molecule has 1 unspecified atom stereocenters. The molecule has 106 valence electrons. The third-order valence-corrected chi connectivity index (χ3v) is 3.28. The van der Waals surface area contributed by atoms with Gasteiger partial charge in [0.2, 0.25) is 0 Å². The fraction of sp³-hybridized carbons (Fsp3) is 0.250. The first-order valence-corrected chi connectivity index (χ1v) is 6.22. The topological polar surface area (TPSA) is 29.5 Å². The largest absolute Gasteiger partial charge is 0.496 e. The Kier molecular flexibility index (Phi) is 4.04. The van der Waals surface area contributed by atoms with Crippen LogP contribution in [0.4, 0.5) is 8.78 Å². The van der Waals surface area contributed by atoms with Crippen LogP contribution in [0.5, 0.6) is 5.75 Å². The van der Waals surface area contributed by atoms with Gasteiger partial charge in [-0.25, -0.2) is 8.78 Å². The van der Waals surface area contributed by atoms with Gasteiger partial charge in [0.05, 0.1) is 7.11 Å². The van der Waals surface area contributed by atoms with Crippen molar-refractivity contribution in [2.24, 2.45) is 0 Å². The molecule has 0 amide bonds. The zero-order valence-corrected chi connectivity index (χ0v) is 11.6. The Labute approximate surface area is 116 Å². The summed E-state index contributed by atoms with van der Waals surface area (Å²) in [4.78, 5) is 0. The Morgan fingerprint density at radius 3 is 2.25 bits per heavy atom. The fourth-order valence-electron chi connectivity index (χ4n) is 2.37.